The van der Waals surface area contributed by atoms with Crippen LogP contribution in [0.1, 0.15) is 23.9 Å². The smallest absolute Gasteiger partial charge is 0.301 e. The second-order valence-electron chi connectivity index (χ2n) is 6.57. The third-order valence-electron chi connectivity index (χ3n) is 4.38. The highest BCUT2D eigenvalue weighted by atomic mass is 35.5. The van der Waals surface area contributed by atoms with Gasteiger partial charge in [-0.25, -0.2) is 4.98 Å². The van der Waals surface area contributed by atoms with Gasteiger partial charge in [0.15, 0.2) is 5.69 Å². The lowest BCUT2D eigenvalue weighted by Gasteiger charge is -2.11. The highest BCUT2D eigenvalue weighted by Crippen LogP contribution is 2.22. The number of nitrogens with one attached hydrogen (secondary N) is 1. The minimum atomic E-state index is -0.383. The van der Waals surface area contributed by atoms with E-state index in [0.29, 0.717) is 16.5 Å². The van der Waals surface area contributed by atoms with E-state index in [1.165, 1.54) is 4.68 Å². The Morgan fingerprint density at radius 1 is 1.14 bits per heavy atom. The van der Waals surface area contributed by atoms with E-state index in [2.05, 4.69) is 25.3 Å². The van der Waals surface area contributed by atoms with Crippen LogP contribution in [0.15, 0.2) is 39.3 Å². The topological polar surface area (TPSA) is 91.5 Å². The van der Waals surface area contributed by atoms with Crippen molar-refractivity contribution < 1.29 is 0 Å². The van der Waals surface area contributed by atoms with Gasteiger partial charge >= 0.3 is 5.56 Å². The molecule has 1 aromatic carbocycles. The maximum Gasteiger partial charge on any atom is 0.301 e. The number of rotatable bonds is 5. The summed E-state index contributed by atoms with van der Waals surface area (Å²) in [5.41, 5.74) is 3.69. The van der Waals surface area contributed by atoms with E-state index in [0.717, 1.165) is 23.4 Å². The van der Waals surface area contributed by atoms with Crippen LogP contribution in [-0.2, 0) is 6.42 Å². The molecule has 0 radical (unpaired) electrons. The van der Waals surface area contributed by atoms with Crippen LogP contribution in [0, 0.1) is 13.8 Å². The summed E-state index contributed by atoms with van der Waals surface area (Å²) in [4.78, 5) is 23.4. The number of aromatic amines is 1. The van der Waals surface area contributed by atoms with Crippen molar-refractivity contribution in [2.75, 3.05) is 19.0 Å². The van der Waals surface area contributed by atoms with Gasteiger partial charge in [0.1, 0.15) is 5.15 Å². The van der Waals surface area contributed by atoms with Gasteiger partial charge in [0.2, 0.25) is 0 Å². The normalized spacial score (nSPS) is 11.4. The molecule has 0 bridgehead atoms. The van der Waals surface area contributed by atoms with E-state index in [-0.39, 0.29) is 17.2 Å². The van der Waals surface area contributed by atoms with Crippen molar-refractivity contribution in [3.8, 4) is 5.95 Å². The summed E-state index contributed by atoms with van der Waals surface area (Å²) in [6, 6.07) is 7.55. The van der Waals surface area contributed by atoms with Crippen LogP contribution in [-0.4, -0.2) is 33.8 Å². The molecule has 1 N–H and O–H groups in total. The summed E-state index contributed by atoms with van der Waals surface area (Å²) in [5.74, 6) is 0.185. The maximum atomic E-state index is 12.8. The average Bonchev–Trinajstić information content (AvgIpc) is 2.94. The summed E-state index contributed by atoms with van der Waals surface area (Å²) >= 11 is 6.23. The molecule has 0 saturated heterocycles. The van der Waals surface area contributed by atoms with Gasteiger partial charge in [-0.1, -0.05) is 18.5 Å². The SMILES string of the molecule is CCc1c(C)nc(-n2[nH]c(C)c(N=Nc3ccc(N(C)C)cc3)c2=O)nc1Cl. The second-order valence-corrected chi connectivity index (χ2v) is 6.93. The third kappa shape index (κ3) is 3.82. The van der Waals surface area contributed by atoms with Crippen LogP contribution in [0.4, 0.5) is 17.1 Å². The molecule has 2 aromatic heterocycles. The van der Waals surface area contributed by atoms with E-state index in [9.17, 15) is 4.79 Å². The number of anilines is 1. The molecule has 3 aromatic rings. The van der Waals surface area contributed by atoms with Gasteiger partial charge in [-0.3, -0.25) is 9.89 Å². The van der Waals surface area contributed by atoms with Crippen molar-refractivity contribution in [2.45, 2.75) is 27.2 Å². The Morgan fingerprint density at radius 2 is 1.82 bits per heavy atom. The number of H-pyrrole nitrogens is 1. The van der Waals surface area contributed by atoms with Gasteiger partial charge in [-0.2, -0.15) is 14.8 Å². The molecular weight excluding hydrogens is 378 g/mol. The zero-order valence-electron chi connectivity index (χ0n) is 16.5. The van der Waals surface area contributed by atoms with Crippen molar-refractivity contribution in [1.29, 1.82) is 0 Å². The molecule has 0 spiro atoms. The van der Waals surface area contributed by atoms with E-state index in [1.807, 2.05) is 57.1 Å². The Kier molecular flexibility index (Phi) is 5.60. The molecule has 8 nitrogen and oxygen atoms in total. The summed E-state index contributed by atoms with van der Waals surface area (Å²) < 4.78 is 1.23. The van der Waals surface area contributed by atoms with Gasteiger partial charge in [-0.05, 0) is 44.5 Å². The van der Waals surface area contributed by atoms with E-state index >= 15 is 0 Å². The average molecular weight is 400 g/mol. The second kappa shape index (κ2) is 7.93. The zero-order chi connectivity index (χ0) is 20.4. The Hall–Kier alpha value is -3.00. The highest BCUT2D eigenvalue weighted by Gasteiger charge is 2.16. The maximum absolute atomic E-state index is 12.8. The molecule has 0 fully saturated rings. The fourth-order valence-corrected chi connectivity index (χ4v) is 3.12. The Bertz CT molecular complexity index is 1060. The number of nitrogens with zero attached hydrogens (tertiary/aromatic N) is 6. The largest absolute Gasteiger partial charge is 0.378 e. The van der Waals surface area contributed by atoms with Crippen molar-refractivity contribution in [3.05, 3.63) is 56.7 Å². The first-order valence-electron chi connectivity index (χ1n) is 8.86. The number of benzene rings is 1. The monoisotopic (exact) mass is 399 g/mol. The minimum absolute atomic E-state index is 0.185. The Labute approximate surface area is 167 Å². The number of halogens is 1. The summed E-state index contributed by atoms with van der Waals surface area (Å²) in [7, 11) is 3.93. The first-order chi connectivity index (χ1) is 13.3. The van der Waals surface area contributed by atoms with Crippen LogP contribution in [0.5, 0.6) is 0 Å². The predicted octanol–water partition coefficient (Wildman–Crippen LogP) is 4.27. The van der Waals surface area contributed by atoms with Gasteiger partial charge in [0.05, 0.1) is 11.4 Å². The standard InChI is InChI=1S/C19H22ClN7O/c1-6-15-11(2)21-19(22-17(15)20)27-18(28)16(12(3)25-27)24-23-13-7-9-14(10-8-13)26(4)5/h7-10,25H,6H2,1-5H3. The van der Waals surface area contributed by atoms with Crippen LogP contribution in [0.25, 0.3) is 5.95 Å². The van der Waals surface area contributed by atoms with Crippen molar-refractivity contribution in [3.63, 3.8) is 0 Å². The molecule has 9 heteroatoms. The number of hydrogen-bond acceptors (Lipinski definition) is 6. The molecule has 0 amide bonds. The van der Waals surface area contributed by atoms with Gasteiger partial charge in [0.25, 0.3) is 5.95 Å². The summed E-state index contributed by atoms with van der Waals surface area (Å²) in [5, 5.41) is 11.6. The molecule has 0 saturated carbocycles. The van der Waals surface area contributed by atoms with Crippen LogP contribution in [0.2, 0.25) is 5.15 Å². The van der Waals surface area contributed by atoms with Crippen molar-refractivity contribution in [2.24, 2.45) is 10.2 Å². The molecule has 0 atom stereocenters. The molecule has 2 heterocycles. The Morgan fingerprint density at radius 3 is 2.39 bits per heavy atom. The molecular formula is C19H22ClN7O. The number of hydrogen-bond donors (Lipinski definition) is 1. The molecule has 28 heavy (non-hydrogen) atoms. The molecule has 3 rings (SSSR count). The number of azo groups is 1. The van der Waals surface area contributed by atoms with Crippen molar-refractivity contribution in [1.82, 2.24) is 19.7 Å². The molecule has 0 unspecified atom stereocenters. The molecule has 146 valence electrons. The first-order valence-corrected chi connectivity index (χ1v) is 9.23. The third-order valence-corrected chi connectivity index (χ3v) is 4.69. The van der Waals surface area contributed by atoms with Gasteiger partial charge < -0.3 is 4.90 Å². The predicted molar refractivity (Wildman–Crippen MR) is 111 cm³/mol. The molecule has 0 aliphatic heterocycles. The van der Waals surface area contributed by atoms with E-state index < -0.39 is 0 Å². The van der Waals surface area contributed by atoms with E-state index in [1.54, 1.807) is 6.92 Å². The first kappa shape index (κ1) is 19.8. The fraction of sp³-hybridized carbons (Fsp3) is 0.316. The number of aromatic nitrogens is 4. The van der Waals surface area contributed by atoms with Crippen LogP contribution in [0.3, 0.4) is 0 Å². The lowest BCUT2D eigenvalue weighted by atomic mass is 10.2. The van der Waals surface area contributed by atoms with Crippen LogP contribution < -0.4 is 10.5 Å². The zero-order valence-corrected chi connectivity index (χ0v) is 17.2. The van der Waals surface area contributed by atoms with Crippen molar-refractivity contribution >= 4 is 28.7 Å². The Balaban J connectivity index is 1.95. The summed E-state index contributed by atoms with van der Waals surface area (Å²) in [6.45, 7) is 5.57. The number of aryl methyl sites for hydroxylation is 2. The minimum Gasteiger partial charge on any atom is -0.378 e. The summed E-state index contributed by atoms with van der Waals surface area (Å²) in [6.07, 6.45) is 0.718. The van der Waals surface area contributed by atoms with E-state index in [4.69, 9.17) is 11.6 Å². The lowest BCUT2D eigenvalue weighted by molar-refractivity contribution is 0.763. The molecule has 0 aliphatic rings. The van der Waals surface area contributed by atoms with Gasteiger partial charge in [-0.15, -0.1) is 5.11 Å². The lowest BCUT2D eigenvalue weighted by Crippen LogP contribution is -2.18. The van der Waals surface area contributed by atoms with Crippen LogP contribution >= 0.6 is 11.6 Å². The van der Waals surface area contributed by atoms with Gasteiger partial charge in [0, 0.05) is 31.0 Å². The molecule has 0 aliphatic carbocycles. The fourth-order valence-electron chi connectivity index (χ4n) is 2.77. The highest BCUT2D eigenvalue weighted by molar-refractivity contribution is 6.30. The quantitative estimate of drug-likeness (QED) is 0.512.